The van der Waals surface area contributed by atoms with Gasteiger partial charge in [0.15, 0.2) is 5.69 Å². The van der Waals surface area contributed by atoms with Crippen molar-refractivity contribution in [1.29, 1.82) is 0 Å². The highest BCUT2D eigenvalue weighted by Crippen LogP contribution is 2.18. The molecule has 0 radical (unpaired) electrons. The average Bonchev–Trinajstić information content (AvgIpc) is 3.17. The lowest BCUT2D eigenvalue weighted by atomic mass is 10.1. The van der Waals surface area contributed by atoms with Gasteiger partial charge in [-0.2, -0.15) is 5.10 Å². The Morgan fingerprint density at radius 2 is 1.75 bits per heavy atom. The van der Waals surface area contributed by atoms with Gasteiger partial charge in [0.2, 0.25) is 0 Å². The number of benzene rings is 2. The largest absolute Gasteiger partial charge is 0.344 e. The lowest BCUT2D eigenvalue weighted by molar-refractivity contribution is 0.0683. The number of hydrogen-bond donors (Lipinski definition) is 1. The smallest absolute Gasteiger partial charge is 0.272 e. The Morgan fingerprint density at radius 3 is 2.46 bits per heavy atom. The summed E-state index contributed by atoms with van der Waals surface area (Å²) >= 11 is 0. The van der Waals surface area contributed by atoms with Crippen LogP contribution in [0.3, 0.4) is 0 Å². The maximum absolute atomic E-state index is 12.8. The molecule has 1 N–H and O–H groups in total. The van der Waals surface area contributed by atoms with Gasteiger partial charge in [0.25, 0.3) is 11.8 Å². The molecule has 1 aromatic heterocycles. The van der Waals surface area contributed by atoms with Crippen molar-refractivity contribution < 1.29 is 9.59 Å². The number of aromatic nitrogens is 2. The Kier molecular flexibility index (Phi) is 4.93. The molecule has 6 nitrogen and oxygen atoms in total. The molecule has 2 amide bonds. The zero-order valence-electron chi connectivity index (χ0n) is 15.7. The minimum Gasteiger partial charge on any atom is -0.344 e. The number of rotatable bonds is 5. The first-order valence-electron chi connectivity index (χ1n) is 9.38. The van der Waals surface area contributed by atoms with Crippen molar-refractivity contribution >= 4 is 11.8 Å². The van der Waals surface area contributed by atoms with Crippen molar-refractivity contribution in [2.45, 2.75) is 26.1 Å². The lowest BCUT2D eigenvalue weighted by Gasteiger charge is -2.27. The van der Waals surface area contributed by atoms with Gasteiger partial charge in [0.05, 0.1) is 12.6 Å². The summed E-state index contributed by atoms with van der Waals surface area (Å²) < 4.78 is 1.63. The molecule has 0 saturated heterocycles. The standard InChI is InChI=1S/C22H22N4O2/c1-16(18-10-6-3-7-11-18)23-21(27)19-14-20-22(28)25(12-13-26(20)24-19)15-17-8-4-2-5-9-17/h2-11,14,16H,12-13,15H2,1H3,(H,23,27)/t16-/m1/s1. The van der Waals surface area contributed by atoms with E-state index in [2.05, 4.69) is 10.4 Å². The number of fused-ring (bicyclic) bond motifs is 1. The molecule has 0 unspecified atom stereocenters. The van der Waals surface area contributed by atoms with Crippen LogP contribution in [0.5, 0.6) is 0 Å². The van der Waals surface area contributed by atoms with Crippen molar-refractivity contribution in [1.82, 2.24) is 20.0 Å². The van der Waals surface area contributed by atoms with Crippen LogP contribution in [0, 0.1) is 0 Å². The zero-order chi connectivity index (χ0) is 19.5. The van der Waals surface area contributed by atoms with E-state index in [1.165, 1.54) is 0 Å². The van der Waals surface area contributed by atoms with Crippen LogP contribution in [0.2, 0.25) is 0 Å². The fourth-order valence-corrected chi connectivity index (χ4v) is 3.40. The third kappa shape index (κ3) is 3.67. The van der Waals surface area contributed by atoms with Crippen LogP contribution in [0.25, 0.3) is 0 Å². The van der Waals surface area contributed by atoms with E-state index in [0.717, 1.165) is 11.1 Å². The third-order valence-electron chi connectivity index (χ3n) is 4.96. The Morgan fingerprint density at radius 1 is 1.07 bits per heavy atom. The Bertz CT molecular complexity index is 982. The summed E-state index contributed by atoms with van der Waals surface area (Å²) in [6, 6.07) is 21.1. The van der Waals surface area contributed by atoms with Crippen molar-refractivity contribution in [3.63, 3.8) is 0 Å². The van der Waals surface area contributed by atoms with Gasteiger partial charge in [0, 0.05) is 19.2 Å². The van der Waals surface area contributed by atoms with E-state index in [0.29, 0.717) is 25.3 Å². The molecule has 28 heavy (non-hydrogen) atoms. The predicted octanol–water partition coefficient (Wildman–Crippen LogP) is 3.03. The molecule has 1 atom stereocenters. The van der Waals surface area contributed by atoms with Gasteiger partial charge in [0.1, 0.15) is 5.69 Å². The van der Waals surface area contributed by atoms with E-state index < -0.39 is 0 Å². The highest BCUT2D eigenvalue weighted by molar-refractivity contribution is 5.98. The fraction of sp³-hybridized carbons (Fsp3) is 0.227. The Labute approximate surface area is 163 Å². The molecule has 3 aromatic rings. The van der Waals surface area contributed by atoms with Gasteiger partial charge in [-0.05, 0) is 18.1 Å². The van der Waals surface area contributed by atoms with Crippen LogP contribution in [-0.4, -0.2) is 33.0 Å². The third-order valence-corrected chi connectivity index (χ3v) is 4.96. The maximum Gasteiger partial charge on any atom is 0.272 e. The van der Waals surface area contributed by atoms with Gasteiger partial charge < -0.3 is 10.2 Å². The summed E-state index contributed by atoms with van der Waals surface area (Å²) in [6.45, 7) is 3.63. The van der Waals surface area contributed by atoms with Crippen LogP contribution in [-0.2, 0) is 13.1 Å². The van der Waals surface area contributed by atoms with Gasteiger partial charge in [-0.15, -0.1) is 0 Å². The van der Waals surface area contributed by atoms with Gasteiger partial charge in [-0.3, -0.25) is 14.3 Å². The first-order chi connectivity index (χ1) is 13.6. The summed E-state index contributed by atoms with van der Waals surface area (Å²) in [5.74, 6) is -0.376. The van der Waals surface area contributed by atoms with Gasteiger partial charge in [-0.25, -0.2) is 0 Å². The molecule has 0 aliphatic carbocycles. The molecule has 0 spiro atoms. The van der Waals surface area contributed by atoms with E-state index >= 15 is 0 Å². The summed E-state index contributed by atoms with van der Waals surface area (Å²) in [6.07, 6.45) is 0. The van der Waals surface area contributed by atoms with Crippen LogP contribution >= 0.6 is 0 Å². The molecule has 0 saturated carbocycles. The molecular formula is C22H22N4O2. The monoisotopic (exact) mass is 374 g/mol. The molecule has 2 heterocycles. The van der Waals surface area contributed by atoms with E-state index in [9.17, 15) is 9.59 Å². The summed E-state index contributed by atoms with van der Waals surface area (Å²) in [5.41, 5.74) is 2.83. The maximum atomic E-state index is 12.8. The number of hydrogen-bond acceptors (Lipinski definition) is 3. The topological polar surface area (TPSA) is 67.2 Å². The second-order valence-electron chi connectivity index (χ2n) is 6.96. The van der Waals surface area contributed by atoms with Gasteiger partial charge >= 0.3 is 0 Å². The van der Waals surface area contributed by atoms with Crippen LogP contribution in [0.15, 0.2) is 66.7 Å². The number of carbonyl (C=O) groups is 2. The van der Waals surface area contributed by atoms with Crippen molar-refractivity contribution in [3.05, 3.63) is 89.2 Å². The molecule has 4 rings (SSSR count). The number of amides is 2. The minimum absolute atomic E-state index is 0.0993. The summed E-state index contributed by atoms with van der Waals surface area (Å²) in [5, 5.41) is 7.29. The molecule has 142 valence electrons. The normalized spacial score (nSPS) is 14.5. The second-order valence-corrected chi connectivity index (χ2v) is 6.96. The van der Waals surface area contributed by atoms with Crippen molar-refractivity contribution in [2.24, 2.45) is 0 Å². The number of nitrogens with zero attached hydrogens (tertiary/aromatic N) is 3. The van der Waals surface area contributed by atoms with E-state index in [-0.39, 0.29) is 23.6 Å². The lowest BCUT2D eigenvalue weighted by Crippen LogP contribution is -2.39. The Balaban J connectivity index is 1.47. The van der Waals surface area contributed by atoms with E-state index in [4.69, 9.17) is 0 Å². The molecule has 2 aromatic carbocycles. The average molecular weight is 374 g/mol. The fourth-order valence-electron chi connectivity index (χ4n) is 3.40. The quantitative estimate of drug-likeness (QED) is 0.746. The van der Waals surface area contributed by atoms with E-state index in [1.54, 1.807) is 15.6 Å². The zero-order valence-corrected chi connectivity index (χ0v) is 15.7. The van der Waals surface area contributed by atoms with Crippen LogP contribution in [0.1, 0.15) is 45.1 Å². The number of carbonyl (C=O) groups excluding carboxylic acids is 2. The highest BCUT2D eigenvalue weighted by Gasteiger charge is 2.28. The van der Waals surface area contributed by atoms with Crippen molar-refractivity contribution in [3.8, 4) is 0 Å². The molecule has 1 aliphatic rings. The minimum atomic E-state index is -0.277. The predicted molar refractivity (Wildman–Crippen MR) is 106 cm³/mol. The molecule has 6 heteroatoms. The van der Waals surface area contributed by atoms with Crippen molar-refractivity contribution in [2.75, 3.05) is 6.54 Å². The van der Waals surface area contributed by atoms with Crippen LogP contribution in [0.4, 0.5) is 0 Å². The van der Waals surface area contributed by atoms with Gasteiger partial charge in [-0.1, -0.05) is 60.7 Å². The molecule has 1 aliphatic heterocycles. The Hall–Kier alpha value is -3.41. The first kappa shape index (κ1) is 18.0. The van der Waals surface area contributed by atoms with E-state index in [1.807, 2.05) is 67.6 Å². The highest BCUT2D eigenvalue weighted by atomic mass is 16.2. The first-order valence-corrected chi connectivity index (χ1v) is 9.38. The number of nitrogens with one attached hydrogen (secondary N) is 1. The molecule has 0 bridgehead atoms. The second kappa shape index (κ2) is 7.68. The summed E-state index contributed by atoms with van der Waals surface area (Å²) in [4.78, 5) is 27.2. The molecular weight excluding hydrogens is 352 g/mol. The summed E-state index contributed by atoms with van der Waals surface area (Å²) in [7, 11) is 0. The SMILES string of the molecule is C[C@@H](NC(=O)c1cc2n(n1)CCN(Cc1ccccc1)C2=O)c1ccccc1. The molecule has 0 fully saturated rings. The van der Waals surface area contributed by atoms with Crippen LogP contribution < -0.4 is 5.32 Å².